The van der Waals surface area contributed by atoms with Crippen molar-refractivity contribution in [2.45, 2.75) is 24.0 Å². The number of rotatable bonds is 6. The van der Waals surface area contributed by atoms with Gasteiger partial charge in [-0.1, -0.05) is 11.8 Å². The SMILES string of the molecule is O=C(O)CSc1nnc(-c2ccc([N+](=O)[O-])o2)n1C1CC1. The Kier molecular flexibility index (Phi) is 3.37. The molecular formula is C11H10N4O5S. The first kappa shape index (κ1) is 13.6. The van der Waals surface area contributed by atoms with Gasteiger partial charge in [-0.05, 0) is 18.9 Å². The molecule has 0 aromatic carbocycles. The van der Waals surface area contributed by atoms with Gasteiger partial charge < -0.3 is 9.52 Å². The van der Waals surface area contributed by atoms with Gasteiger partial charge in [0.15, 0.2) is 10.9 Å². The monoisotopic (exact) mass is 310 g/mol. The largest absolute Gasteiger partial charge is 0.481 e. The maximum Gasteiger partial charge on any atom is 0.433 e. The molecule has 0 atom stereocenters. The molecule has 0 radical (unpaired) electrons. The molecule has 1 N–H and O–H groups in total. The number of nitrogens with zero attached hydrogens (tertiary/aromatic N) is 4. The number of thioether (sulfide) groups is 1. The van der Waals surface area contributed by atoms with E-state index in [1.807, 2.05) is 0 Å². The van der Waals surface area contributed by atoms with Crippen molar-refractivity contribution in [3.8, 4) is 11.6 Å². The van der Waals surface area contributed by atoms with Crippen molar-refractivity contribution < 1.29 is 19.2 Å². The van der Waals surface area contributed by atoms with Crippen molar-refractivity contribution in [1.82, 2.24) is 14.8 Å². The lowest BCUT2D eigenvalue weighted by Gasteiger charge is -2.05. The predicted octanol–water partition coefficient (Wildman–Crippen LogP) is 1.96. The van der Waals surface area contributed by atoms with Crippen LogP contribution in [-0.4, -0.2) is 36.5 Å². The van der Waals surface area contributed by atoms with Crippen LogP contribution in [0.15, 0.2) is 21.7 Å². The molecule has 2 aromatic rings. The van der Waals surface area contributed by atoms with Crippen LogP contribution in [0.1, 0.15) is 18.9 Å². The zero-order valence-corrected chi connectivity index (χ0v) is 11.4. The van der Waals surface area contributed by atoms with Crippen LogP contribution in [0.4, 0.5) is 5.88 Å². The van der Waals surface area contributed by atoms with Gasteiger partial charge in [0.1, 0.15) is 4.92 Å². The third-order valence-electron chi connectivity index (χ3n) is 2.89. The Labute approximate surface area is 122 Å². The van der Waals surface area contributed by atoms with Gasteiger partial charge in [0.2, 0.25) is 5.82 Å². The summed E-state index contributed by atoms with van der Waals surface area (Å²) in [5.41, 5.74) is 0. The van der Waals surface area contributed by atoms with Gasteiger partial charge in [0.05, 0.1) is 11.8 Å². The second kappa shape index (κ2) is 5.20. The third kappa shape index (κ3) is 2.75. The van der Waals surface area contributed by atoms with E-state index < -0.39 is 10.9 Å². The maximum absolute atomic E-state index is 10.7. The summed E-state index contributed by atoms with van der Waals surface area (Å²) < 4.78 is 6.93. The highest BCUT2D eigenvalue weighted by atomic mass is 32.2. The molecular weight excluding hydrogens is 300 g/mol. The Bertz CT molecular complexity index is 705. The van der Waals surface area contributed by atoms with Crippen LogP contribution >= 0.6 is 11.8 Å². The van der Waals surface area contributed by atoms with Crippen LogP contribution < -0.4 is 0 Å². The van der Waals surface area contributed by atoms with E-state index in [-0.39, 0.29) is 23.4 Å². The van der Waals surface area contributed by atoms with E-state index in [0.29, 0.717) is 11.0 Å². The number of aliphatic carboxylic acids is 1. The van der Waals surface area contributed by atoms with Crippen LogP contribution in [-0.2, 0) is 4.79 Å². The summed E-state index contributed by atoms with van der Waals surface area (Å²) in [6.45, 7) is 0. The molecule has 0 aliphatic heterocycles. The van der Waals surface area contributed by atoms with Gasteiger partial charge in [-0.2, -0.15) is 0 Å². The van der Waals surface area contributed by atoms with Crippen molar-refractivity contribution in [3.63, 3.8) is 0 Å². The molecule has 21 heavy (non-hydrogen) atoms. The quantitative estimate of drug-likeness (QED) is 0.487. The fourth-order valence-corrected chi connectivity index (χ4v) is 2.60. The topological polar surface area (TPSA) is 124 Å². The summed E-state index contributed by atoms with van der Waals surface area (Å²) in [6, 6.07) is 2.91. The molecule has 110 valence electrons. The van der Waals surface area contributed by atoms with Crippen LogP contribution in [0.25, 0.3) is 11.6 Å². The first-order valence-electron chi connectivity index (χ1n) is 6.10. The lowest BCUT2D eigenvalue weighted by atomic mass is 10.4. The molecule has 0 unspecified atom stereocenters. The number of carboxylic acids is 1. The van der Waals surface area contributed by atoms with Crippen LogP contribution in [0, 0.1) is 10.1 Å². The molecule has 10 heteroatoms. The molecule has 1 fully saturated rings. The molecule has 2 heterocycles. The van der Waals surface area contributed by atoms with E-state index in [9.17, 15) is 14.9 Å². The summed E-state index contributed by atoms with van der Waals surface area (Å²) in [7, 11) is 0. The van der Waals surface area contributed by atoms with Gasteiger partial charge in [0, 0.05) is 6.04 Å². The van der Waals surface area contributed by atoms with Gasteiger partial charge in [-0.3, -0.25) is 19.5 Å². The van der Waals surface area contributed by atoms with E-state index in [0.717, 1.165) is 24.6 Å². The average Bonchev–Trinajstić information content (AvgIpc) is 3.00. The molecule has 0 bridgehead atoms. The van der Waals surface area contributed by atoms with E-state index >= 15 is 0 Å². The Hall–Kier alpha value is -2.36. The van der Waals surface area contributed by atoms with E-state index in [1.165, 1.54) is 12.1 Å². The van der Waals surface area contributed by atoms with Crippen molar-refractivity contribution in [2.75, 3.05) is 5.75 Å². The van der Waals surface area contributed by atoms with Crippen molar-refractivity contribution in [1.29, 1.82) is 0 Å². The molecule has 1 aliphatic carbocycles. The van der Waals surface area contributed by atoms with Crippen molar-refractivity contribution in [2.24, 2.45) is 0 Å². The number of furan rings is 1. The lowest BCUT2D eigenvalue weighted by molar-refractivity contribution is -0.401. The fraction of sp³-hybridized carbons (Fsp3) is 0.364. The minimum atomic E-state index is -0.944. The Balaban J connectivity index is 1.94. The second-order valence-corrected chi connectivity index (χ2v) is 5.43. The molecule has 2 aromatic heterocycles. The summed E-state index contributed by atoms with van der Waals surface area (Å²) >= 11 is 1.07. The maximum atomic E-state index is 10.7. The van der Waals surface area contributed by atoms with Gasteiger partial charge in [-0.25, -0.2) is 0 Å². The standard InChI is InChI=1S/C11H10N4O5S/c16-9(17)5-21-11-13-12-10(14(11)6-1-2-6)7-3-4-8(20-7)15(18)19/h3-4,6H,1-2,5H2,(H,16,17). The lowest BCUT2D eigenvalue weighted by Crippen LogP contribution is -2.03. The van der Waals surface area contributed by atoms with Crippen LogP contribution in [0.2, 0.25) is 0 Å². The minimum absolute atomic E-state index is 0.122. The van der Waals surface area contributed by atoms with Gasteiger partial charge >= 0.3 is 11.9 Å². The number of nitro groups is 1. The van der Waals surface area contributed by atoms with Crippen molar-refractivity contribution in [3.05, 3.63) is 22.2 Å². The summed E-state index contributed by atoms with van der Waals surface area (Å²) in [4.78, 5) is 20.7. The average molecular weight is 310 g/mol. The molecule has 0 amide bonds. The number of aromatic nitrogens is 3. The number of hydrogen-bond donors (Lipinski definition) is 1. The highest BCUT2D eigenvalue weighted by molar-refractivity contribution is 7.99. The molecule has 0 spiro atoms. The molecule has 0 saturated heterocycles. The molecule has 3 rings (SSSR count). The Morgan fingerprint density at radius 3 is 2.86 bits per heavy atom. The first-order chi connectivity index (χ1) is 10.1. The Morgan fingerprint density at radius 1 is 1.52 bits per heavy atom. The number of hydrogen-bond acceptors (Lipinski definition) is 7. The summed E-state index contributed by atoms with van der Waals surface area (Å²) in [5.74, 6) is -0.791. The highest BCUT2D eigenvalue weighted by Gasteiger charge is 2.31. The summed E-state index contributed by atoms with van der Waals surface area (Å²) in [5, 5.41) is 27.8. The normalized spacial score (nSPS) is 14.3. The van der Waals surface area contributed by atoms with E-state index in [2.05, 4.69) is 10.2 Å². The van der Waals surface area contributed by atoms with Crippen LogP contribution in [0.5, 0.6) is 0 Å². The third-order valence-corrected chi connectivity index (χ3v) is 3.82. The fourth-order valence-electron chi connectivity index (χ4n) is 1.88. The van der Waals surface area contributed by atoms with Crippen molar-refractivity contribution >= 4 is 23.6 Å². The highest BCUT2D eigenvalue weighted by Crippen LogP contribution is 2.41. The van der Waals surface area contributed by atoms with Crippen LogP contribution in [0.3, 0.4) is 0 Å². The van der Waals surface area contributed by atoms with E-state index in [4.69, 9.17) is 9.52 Å². The molecule has 9 nitrogen and oxygen atoms in total. The van der Waals surface area contributed by atoms with Gasteiger partial charge in [-0.15, -0.1) is 10.2 Å². The van der Waals surface area contributed by atoms with E-state index in [1.54, 1.807) is 4.57 Å². The summed E-state index contributed by atoms with van der Waals surface area (Å²) in [6.07, 6.45) is 1.88. The second-order valence-electron chi connectivity index (χ2n) is 4.48. The zero-order valence-electron chi connectivity index (χ0n) is 10.6. The zero-order chi connectivity index (χ0) is 15.0. The van der Waals surface area contributed by atoms with Gasteiger partial charge in [0.25, 0.3) is 0 Å². The number of carboxylic acid groups (broad SMARTS) is 1. The predicted molar refractivity (Wildman–Crippen MR) is 71.0 cm³/mol. The molecule has 1 saturated carbocycles. The first-order valence-corrected chi connectivity index (χ1v) is 7.09. The molecule has 1 aliphatic rings. The Morgan fingerprint density at radius 2 is 2.29 bits per heavy atom. The minimum Gasteiger partial charge on any atom is -0.481 e. The smallest absolute Gasteiger partial charge is 0.433 e. The number of carbonyl (C=O) groups is 1.